The molecule has 0 amide bonds. The van der Waals surface area contributed by atoms with Crippen molar-refractivity contribution in [2.24, 2.45) is 10.7 Å². The Morgan fingerprint density at radius 3 is 3.10 bits per heavy atom. The molecule has 0 saturated carbocycles. The van der Waals surface area contributed by atoms with E-state index in [1.165, 1.54) is 0 Å². The van der Waals surface area contributed by atoms with Crippen LogP contribution in [0.4, 0.5) is 0 Å². The van der Waals surface area contributed by atoms with Crippen molar-refractivity contribution in [1.29, 1.82) is 0 Å². The molecule has 2 heterocycles. The van der Waals surface area contributed by atoms with Gasteiger partial charge in [0, 0.05) is 12.8 Å². The number of nitrogens with two attached hydrogens (primary N) is 1. The first kappa shape index (κ1) is 16.2. The third-order valence-electron chi connectivity index (χ3n) is 2.88. The zero-order chi connectivity index (χ0) is 15.3. The normalized spacial score (nSPS) is 29.6. The minimum atomic E-state index is -3.21. The molecule has 1 fully saturated rings. The summed E-state index contributed by atoms with van der Waals surface area (Å²) in [5, 5.41) is 0. The third-order valence-corrected chi connectivity index (χ3v) is 4.38. The van der Waals surface area contributed by atoms with Crippen LogP contribution in [0.5, 0.6) is 0 Å². The van der Waals surface area contributed by atoms with E-state index in [9.17, 15) is 4.57 Å². The Labute approximate surface area is 123 Å². The van der Waals surface area contributed by atoms with Crippen LogP contribution in [0.2, 0.25) is 0 Å². The number of amidine groups is 1. The summed E-state index contributed by atoms with van der Waals surface area (Å²) in [5.41, 5.74) is 5.57. The van der Waals surface area contributed by atoms with Crippen LogP contribution in [-0.4, -0.2) is 49.7 Å². The maximum Gasteiger partial charge on any atom is 0.358 e. The summed E-state index contributed by atoms with van der Waals surface area (Å²) in [7, 11) is -3.21. The molecule has 21 heavy (non-hydrogen) atoms. The monoisotopic (exact) mass is 317 g/mol. The van der Waals surface area contributed by atoms with Crippen LogP contribution in [0.3, 0.4) is 0 Å². The van der Waals surface area contributed by atoms with Crippen molar-refractivity contribution < 1.29 is 23.1 Å². The number of hydrogen-bond acceptors (Lipinski definition) is 8. The number of aliphatic imine (C=N–C) groups is 1. The fourth-order valence-electron chi connectivity index (χ4n) is 1.75. The summed E-state index contributed by atoms with van der Waals surface area (Å²) in [6, 6.07) is 0. The second-order valence-corrected chi connectivity index (χ2v) is 6.48. The van der Waals surface area contributed by atoms with Crippen molar-refractivity contribution in [3.05, 3.63) is 24.7 Å². The maximum atomic E-state index is 12.1. The van der Waals surface area contributed by atoms with E-state index < -0.39 is 7.60 Å². The molecule has 9 heteroatoms. The zero-order valence-corrected chi connectivity index (χ0v) is 12.8. The Morgan fingerprint density at radius 1 is 1.67 bits per heavy atom. The second kappa shape index (κ2) is 7.20. The molecule has 2 aliphatic rings. The molecular weight excluding hydrogens is 297 g/mol. The Kier molecular flexibility index (Phi) is 5.55. The van der Waals surface area contributed by atoms with E-state index >= 15 is 0 Å². The highest BCUT2D eigenvalue weighted by atomic mass is 31.2. The first-order valence-electron chi connectivity index (χ1n) is 6.58. The summed E-state index contributed by atoms with van der Waals surface area (Å²) >= 11 is 0. The summed E-state index contributed by atoms with van der Waals surface area (Å²) in [6.07, 6.45) is 3.10. The smallest absolute Gasteiger partial charge is 0.358 e. The minimum Gasteiger partial charge on any atom is -0.384 e. The van der Waals surface area contributed by atoms with Gasteiger partial charge in [-0.3, -0.25) is 9.09 Å². The fourth-order valence-corrected chi connectivity index (χ4v) is 2.99. The fraction of sp³-hybridized carbons (Fsp3) is 0.583. The van der Waals surface area contributed by atoms with Crippen LogP contribution >= 0.6 is 7.60 Å². The lowest BCUT2D eigenvalue weighted by Crippen LogP contribution is -2.37. The molecule has 0 aromatic heterocycles. The molecule has 0 bridgehead atoms. The highest BCUT2D eigenvalue weighted by Gasteiger charge is 2.34. The van der Waals surface area contributed by atoms with E-state index in [0.717, 1.165) is 0 Å². The van der Waals surface area contributed by atoms with E-state index in [1.54, 1.807) is 17.2 Å². The molecule has 0 aromatic rings. The average molecular weight is 317 g/mol. The summed E-state index contributed by atoms with van der Waals surface area (Å²) < 4.78 is 33.0. The van der Waals surface area contributed by atoms with Crippen LogP contribution < -0.4 is 5.73 Å². The number of rotatable bonds is 6. The second-order valence-electron chi connectivity index (χ2n) is 4.49. The Balaban J connectivity index is 1.78. The van der Waals surface area contributed by atoms with Gasteiger partial charge in [-0.1, -0.05) is 6.58 Å². The molecule has 1 saturated heterocycles. The SMILES string of the molecule is C=C1N=C(N)C=CN1C[C@@H]1COP(=O)(OCOCC)CO1. The van der Waals surface area contributed by atoms with E-state index in [2.05, 4.69) is 11.6 Å². The van der Waals surface area contributed by atoms with Crippen LogP contribution in [0.1, 0.15) is 6.92 Å². The molecule has 2 N–H and O–H groups in total. The molecule has 8 nitrogen and oxygen atoms in total. The van der Waals surface area contributed by atoms with Gasteiger partial charge in [-0.2, -0.15) is 0 Å². The summed E-state index contributed by atoms with van der Waals surface area (Å²) in [5.74, 6) is 0.936. The molecule has 0 aliphatic carbocycles. The van der Waals surface area contributed by atoms with Crippen molar-refractivity contribution in [2.75, 3.05) is 32.9 Å². The highest BCUT2D eigenvalue weighted by Crippen LogP contribution is 2.50. The van der Waals surface area contributed by atoms with Crippen LogP contribution in [-0.2, 0) is 23.1 Å². The minimum absolute atomic E-state index is 0.0680. The van der Waals surface area contributed by atoms with Gasteiger partial charge in [0.1, 0.15) is 24.1 Å². The van der Waals surface area contributed by atoms with Gasteiger partial charge in [0.25, 0.3) is 0 Å². The topological polar surface area (TPSA) is 95.6 Å². The van der Waals surface area contributed by atoms with Crippen LogP contribution in [0.15, 0.2) is 29.7 Å². The predicted octanol–water partition coefficient (Wildman–Crippen LogP) is 1.22. The van der Waals surface area contributed by atoms with E-state index in [0.29, 0.717) is 24.8 Å². The first-order chi connectivity index (χ1) is 10.0. The van der Waals surface area contributed by atoms with E-state index in [-0.39, 0.29) is 25.9 Å². The van der Waals surface area contributed by atoms with Crippen molar-refractivity contribution in [3.8, 4) is 0 Å². The lowest BCUT2D eigenvalue weighted by Gasteiger charge is -2.32. The molecule has 118 valence electrons. The van der Waals surface area contributed by atoms with Gasteiger partial charge in [0.2, 0.25) is 0 Å². The quantitative estimate of drug-likeness (QED) is 0.447. The standard InChI is InChI=1S/C12H20N3O5P/c1-3-17-8-20-21(16)9-18-11(7-19-21)6-15-5-4-12(13)14-10(15)2/h4-5,11H,2-3,6-9H2,1H3,(H2,13,14)/t11-,21?/m1/s1. The van der Waals surface area contributed by atoms with Crippen LogP contribution in [0, 0.1) is 0 Å². The lowest BCUT2D eigenvalue weighted by molar-refractivity contribution is -0.0397. The third kappa shape index (κ3) is 4.66. The number of nitrogens with zero attached hydrogens (tertiary/aromatic N) is 2. The van der Waals surface area contributed by atoms with Crippen molar-refractivity contribution in [2.45, 2.75) is 13.0 Å². The molecule has 0 radical (unpaired) electrons. The predicted molar refractivity (Wildman–Crippen MR) is 77.5 cm³/mol. The van der Waals surface area contributed by atoms with Gasteiger partial charge in [-0.05, 0) is 13.0 Å². The van der Waals surface area contributed by atoms with Gasteiger partial charge in [0.15, 0.2) is 6.79 Å². The molecule has 0 spiro atoms. The summed E-state index contributed by atoms with van der Waals surface area (Å²) in [6.45, 7) is 6.69. The van der Waals surface area contributed by atoms with Gasteiger partial charge in [0.05, 0.1) is 13.2 Å². The van der Waals surface area contributed by atoms with Gasteiger partial charge < -0.3 is 24.6 Å². The van der Waals surface area contributed by atoms with Gasteiger partial charge >= 0.3 is 7.60 Å². The zero-order valence-electron chi connectivity index (χ0n) is 11.9. The largest absolute Gasteiger partial charge is 0.384 e. The molecule has 2 rings (SSSR count). The van der Waals surface area contributed by atoms with E-state index in [1.807, 2.05) is 6.92 Å². The Bertz CT molecular complexity index is 481. The maximum absolute atomic E-state index is 12.1. The Hall–Kier alpha value is -1.18. The van der Waals surface area contributed by atoms with Crippen LogP contribution in [0.25, 0.3) is 0 Å². The highest BCUT2D eigenvalue weighted by molar-refractivity contribution is 7.53. The van der Waals surface area contributed by atoms with Crippen molar-refractivity contribution >= 4 is 13.4 Å². The summed E-state index contributed by atoms with van der Waals surface area (Å²) in [4.78, 5) is 5.85. The molecule has 2 aliphatic heterocycles. The number of ether oxygens (including phenoxy) is 2. The van der Waals surface area contributed by atoms with E-state index in [4.69, 9.17) is 24.3 Å². The molecule has 1 unspecified atom stereocenters. The van der Waals surface area contributed by atoms with Gasteiger partial charge in [-0.25, -0.2) is 4.99 Å². The average Bonchev–Trinajstić information content (AvgIpc) is 2.45. The molecule has 2 atom stereocenters. The molecular formula is C12H20N3O5P. The van der Waals surface area contributed by atoms with Crippen molar-refractivity contribution in [3.63, 3.8) is 0 Å². The van der Waals surface area contributed by atoms with Crippen molar-refractivity contribution in [1.82, 2.24) is 4.90 Å². The molecule has 0 aromatic carbocycles. The number of hydrogen-bond donors (Lipinski definition) is 1. The van der Waals surface area contributed by atoms with Gasteiger partial charge in [-0.15, -0.1) is 0 Å². The Morgan fingerprint density at radius 2 is 2.48 bits per heavy atom. The first-order valence-corrected chi connectivity index (χ1v) is 8.30. The lowest BCUT2D eigenvalue weighted by atomic mass is 10.3.